The van der Waals surface area contributed by atoms with Crippen molar-refractivity contribution in [3.63, 3.8) is 0 Å². The van der Waals surface area contributed by atoms with Crippen molar-refractivity contribution >= 4 is 44.3 Å². The van der Waals surface area contributed by atoms with Gasteiger partial charge in [-0.15, -0.1) is 0 Å². The van der Waals surface area contributed by atoms with Gasteiger partial charge in [0.25, 0.3) is 0 Å². The predicted molar refractivity (Wildman–Crippen MR) is 193 cm³/mol. The Morgan fingerprint density at radius 1 is 0.500 bits per heavy atom. The molecule has 0 fully saturated rings. The summed E-state index contributed by atoms with van der Waals surface area (Å²) < 4.78 is 37.1. The Morgan fingerprint density at radius 3 is 1.12 bits per heavy atom. The molecule has 6 rings (SSSR count). The number of carbonyl (C=O) groups excluding carboxylic acids is 2. The number of benzene rings is 4. The SMILES string of the molecule is COc1ccccc1/C(=C1\C(=O)c2ccccc2[S@]1=O)C(C)(C)C.COc1ccccc1/C(=C1\C(=O)c2ccccc2[S@]1=O)C(C)(C)C. The third-order valence-corrected chi connectivity index (χ3v) is 11.2. The van der Waals surface area contributed by atoms with Crippen LogP contribution in [0, 0.1) is 10.8 Å². The molecule has 8 heteroatoms. The Kier molecular flexibility index (Phi) is 9.90. The van der Waals surface area contributed by atoms with Crippen LogP contribution in [0.1, 0.15) is 73.4 Å². The van der Waals surface area contributed by atoms with Crippen molar-refractivity contribution in [3.05, 3.63) is 129 Å². The second-order valence-electron chi connectivity index (χ2n) is 13.5. The summed E-state index contributed by atoms with van der Waals surface area (Å²) in [6.07, 6.45) is 0. The van der Waals surface area contributed by atoms with E-state index in [1.54, 1.807) is 50.6 Å². The zero-order valence-electron chi connectivity index (χ0n) is 28.5. The Labute approximate surface area is 287 Å². The normalized spacial score (nSPS) is 19.2. The van der Waals surface area contributed by atoms with Gasteiger partial charge in [-0.25, -0.2) is 8.42 Å². The number of methoxy groups -OCH3 is 2. The van der Waals surface area contributed by atoms with Crippen LogP contribution >= 0.6 is 0 Å². The lowest BCUT2D eigenvalue weighted by atomic mass is 9.80. The van der Waals surface area contributed by atoms with Crippen LogP contribution in [0.25, 0.3) is 11.1 Å². The summed E-state index contributed by atoms with van der Waals surface area (Å²) in [6, 6.07) is 29.4. The lowest BCUT2D eigenvalue weighted by Crippen LogP contribution is -2.15. The summed E-state index contributed by atoms with van der Waals surface area (Å²) in [4.78, 5) is 27.9. The number of fused-ring (bicyclic) bond motifs is 2. The van der Waals surface area contributed by atoms with Crippen LogP contribution in [0.15, 0.2) is 117 Å². The van der Waals surface area contributed by atoms with E-state index in [1.807, 2.05) is 102 Å². The molecule has 0 aliphatic carbocycles. The van der Waals surface area contributed by atoms with Gasteiger partial charge in [0.1, 0.15) is 11.5 Å². The van der Waals surface area contributed by atoms with E-state index < -0.39 is 21.6 Å². The first-order valence-electron chi connectivity index (χ1n) is 15.6. The number of ether oxygens (including phenoxy) is 2. The number of para-hydroxylation sites is 2. The highest BCUT2D eigenvalue weighted by Crippen LogP contribution is 2.47. The zero-order chi connectivity index (χ0) is 35.0. The summed E-state index contributed by atoms with van der Waals surface area (Å²) in [6.45, 7) is 12.1. The molecule has 48 heavy (non-hydrogen) atoms. The third-order valence-electron chi connectivity index (χ3n) is 8.15. The summed E-state index contributed by atoms with van der Waals surface area (Å²) in [5.74, 6) is 1.05. The van der Waals surface area contributed by atoms with Crippen molar-refractivity contribution in [2.45, 2.75) is 51.3 Å². The van der Waals surface area contributed by atoms with Gasteiger partial charge in [0.2, 0.25) is 11.6 Å². The van der Waals surface area contributed by atoms with E-state index in [9.17, 15) is 18.0 Å². The van der Waals surface area contributed by atoms with E-state index in [0.717, 1.165) is 22.3 Å². The fourth-order valence-corrected chi connectivity index (χ4v) is 9.44. The molecule has 0 saturated heterocycles. The number of ketones is 2. The predicted octanol–water partition coefficient (Wildman–Crippen LogP) is 8.91. The van der Waals surface area contributed by atoms with Gasteiger partial charge in [-0.3, -0.25) is 9.59 Å². The van der Waals surface area contributed by atoms with Gasteiger partial charge < -0.3 is 9.47 Å². The Balaban J connectivity index is 0.000000188. The average Bonchev–Trinajstić information content (AvgIpc) is 3.45. The summed E-state index contributed by atoms with van der Waals surface area (Å²) in [5, 5.41) is 0. The lowest BCUT2D eigenvalue weighted by molar-refractivity contribution is 0.103. The molecular weight excluding hydrogens is 641 g/mol. The van der Waals surface area contributed by atoms with Crippen LogP contribution < -0.4 is 9.47 Å². The maximum atomic E-state index is 13.1. The molecule has 0 bridgehead atoms. The van der Waals surface area contributed by atoms with Crippen LogP contribution in [0.5, 0.6) is 11.5 Å². The van der Waals surface area contributed by atoms with Crippen LogP contribution in [0.2, 0.25) is 0 Å². The summed E-state index contributed by atoms with van der Waals surface area (Å²) in [5.41, 5.74) is 3.52. The number of carbonyl (C=O) groups is 2. The minimum absolute atomic E-state index is 0.153. The first-order valence-corrected chi connectivity index (χ1v) is 17.9. The molecule has 2 atom stereocenters. The van der Waals surface area contributed by atoms with Crippen molar-refractivity contribution in [1.82, 2.24) is 0 Å². The lowest BCUT2D eigenvalue weighted by Gasteiger charge is -2.26. The maximum absolute atomic E-state index is 13.1. The van der Waals surface area contributed by atoms with Gasteiger partial charge in [0.05, 0.1) is 55.4 Å². The number of hydrogen-bond donors (Lipinski definition) is 0. The van der Waals surface area contributed by atoms with Crippen molar-refractivity contribution < 1.29 is 27.5 Å². The molecule has 2 aliphatic rings. The monoisotopic (exact) mass is 680 g/mol. The molecule has 4 aromatic rings. The van der Waals surface area contributed by atoms with E-state index in [2.05, 4.69) is 0 Å². The van der Waals surface area contributed by atoms with Crippen LogP contribution in [0.3, 0.4) is 0 Å². The van der Waals surface area contributed by atoms with Gasteiger partial charge in [0.15, 0.2) is 0 Å². The van der Waals surface area contributed by atoms with E-state index in [1.165, 1.54) is 0 Å². The number of Topliss-reactive ketones (excluding diaryl/α,β-unsaturated/α-hetero) is 2. The quantitative estimate of drug-likeness (QED) is 0.200. The molecule has 0 N–H and O–H groups in total. The number of allylic oxidation sites excluding steroid dienone is 4. The molecule has 2 aliphatic heterocycles. The van der Waals surface area contributed by atoms with Crippen molar-refractivity contribution in [1.29, 1.82) is 0 Å². The Hall–Kier alpha value is -4.40. The molecule has 0 radical (unpaired) electrons. The van der Waals surface area contributed by atoms with Crippen LogP contribution in [-0.4, -0.2) is 34.2 Å². The van der Waals surface area contributed by atoms with Gasteiger partial charge in [-0.1, -0.05) is 102 Å². The molecule has 0 saturated carbocycles. The fourth-order valence-electron chi connectivity index (χ4n) is 6.11. The zero-order valence-corrected chi connectivity index (χ0v) is 30.1. The molecule has 248 valence electrons. The van der Waals surface area contributed by atoms with E-state index >= 15 is 0 Å². The Bertz CT molecular complexity index is 1820. The highest BCUT2D eigenvalue weighted by atomic mass is 32.2. The fraction of sp³-hybridized carbons (Fsp3) is 0.250. The summed E-state index contributed by atoms with van der Waals surface area (Å²) >= 11 is 0. The van der Waals surface area contributed by atoms with Crippen molar-refractivity contribution in [3.8, 4) is 11.5 Å². The minimum Gasteiger partial charge on any atom is -0.496 e. The molecule has 0 unspecified atom stereocenters. The summed E-state index contributed by atoms with van der Waals surface area (Å²) in [7, 11) is 0.249. The third kappa shape index (κ3) is 6.39. The van der Waals surface area contributed by atoms with Gasteiger partial charge in [-0.05, 0) is 58.4 Å². The van der Waals surface area contributed by atoms with Crippen molar-refractivity contribution in [2.75, 3.05) is 14.2 Å². The van der Waals surface area contributed by atoms with Gasteiger partial charge >= 0.3 is 0 Å². The molecule has 2 heterocycles. The largest absolute Gasteiger partial charge is 0.496 e. The van der Waals surface area contributed by atoms with E-state index in [0.29, 0.717) is 42.2 Å². The molecule has 0 spiro atoms. The second-order valence-corrected chi connectivity index (χ2v) is 16.3. The molecule has 0 aromatic heterocycles. The topological polar surface area (TPSA) is 86.7 Å². The first kappa shape index (κ1) is 34.9. The van der Waals surface area contributed by atoms with E-state index in [4.69, 9.17) is 9.47 Å². The average molecular weight is 681 g/mol. The van der Waals surface area contributed by atoms with E-state index in [-0.39, 0.29) is 22.4 Å². The number of hydrogen-bond acceptors (Lipinski definition) is 6. The smallest absolute Gasteiger partial charge is 0.203 e. The van der Waals surface area contributed by atoms with Crippen LogP contribution in [-0.2, 0) is 21.6 Å². The highest BCUT2D eigenvalue weighted by molar-refractivity contribution is 7.91. The standard InChI is InChI=1S/2C20H20O3S/c2*1-20(2,3)17(13-9-5-7-11-15(13)23-4)19-18(21)14-10-6-8-12-16(14)24(19)22/h2*5-12H,1-4H3/b2*19-17-/t2*24-/m11/s1. The minimum atomic E-state index is -1.48. The van der Waals surface area contributed by atoms with Gasteiger partial charge in [-0.2, -0.15) is 0 Å². The molecular formula is C40H40O6S2. The second kappa shape index (κ2) is 13.6. The number of rotatable bonds is 4. The maximum Gasteiger partial charge on any atom is 0.203 e. The molecule has 6 nitrogen and oxygen atoms in total. The Morgan fingerprint density at radius 2 is 0.812 bits per heavy atom. The molecule has 4 aromatic carbocycles. The first-order chi connectivity index (χ1) is 22.7. The highest BCUT2D eigenvalue weighted by Gasteiger charge is 2.40. The molecule has 0 amide bonds. The van der Waals surface area contributed by atoms with Gasteiger partial charge in [0, 0.05) is 22.3 Å². The van der Waals surface area contributed by atoms with Crippen molar-refractivity contribution in [2.24, 2.45) is 10.8 Å². The van der Waals surface area contributed by atoms with Crippen LogP contribution in [0.4, 0.5) is 0 Å².